The second kappa shape index (κ2) is 8.46. The maximum absolute atomic E-state index is 12.8. The predicted octanol–water partition coefficient (Wildman–Crippen LogP) is 3.24. The highest BCUT2D eigenvalue weighted by Gasteiger charge is 2.28. The van der Waals surface area contributed by atoms with E-state index >= 15 is 0 Å². The zero-order chi connectivity index (χ0) is 20.3. The van der Waals surface area contributed by atoms with Gasteiger partial charge < -0.3 is 14.6 Å². The Morgan fingerprint density at radius 1 is 1.46 bits per heavy atom. The van der Waals surface area contributed by atoms with Crippen LogP contribution in [0.2, 0.25) is 5.02 Å². The van der Waals surface area contributed by atoms with Crippen molar-refractivity contribution in [1.29, 1.82) is 5.26 Å². The maximum atomic E-state index is 12.8. The monoisotopic (exact) mass is 402 g/mol. The summed E-state index contributed by atoms with van der Waals surface area (Å²) in [6.07, 6.45) is 3.00. The fraction of sp³-hybridized carbons (Fsp3) is 0.350. The first kappa shape index (κ1) is 19.9. The summed E-state index contributed by atoms with van der Waals surface area (Å²) in [5.41, 5.74) is 0.644. The van der Waals surface area contributed by atoms with Crippen LogP contribution in [0.1, 0.15) is 30.9 Å². The van der Waals surface area contributed by atoms with Crippen molar-refractivity contribution in [3.63, 3.8) is 0 Å². The van der Waals surface area contributed by atoms with Crippen molar-refractivity contribution in [3.8, 4) is 22.9 Å². The quantitative estimate of drug-likeness (QED) is 0.795. The molecule has 0 aliphatic carbocycles. The number of hydrogen-bond donors (Lipinski definition) is 1. The molecule has 7 nitrogen and oxygen atoms in total. The Morgan fingerprint density at radius 3 is 2.86 bits per heavy atom. The zero-order valence-corrected chi connectivity index (χ0v) is 16.0. The van der Waals surface area contributed by atoms with E-state index in [0.29, 0.717) is 28.3 Å². The molecule has 1 aromatic heterocycles. The van der Waals surface area contributed by atoms with E-state index < -0.39 is 17.6 Å². The average molecular weight is 403 g/mol. The van der Waals surface area contributed by atoms with Gasteiger partial charge in [0.15, 0.2) is 0 Å². The van der Waals surface area contributed by atoms with E-state index in [2.05, 4.69) is 6.07 Å². The van der Waals surface area contributed by atoms with Crippen molar-refractivity contribution in [1.82, 2.24) is 4.57 Å². The molecule has 2 atom stereocenters. The number of carbonyl (C=O) groups is 1. The van der Waals surface area contributed by atoms with Gasteiger partial charge in [0.05, 0.1) is 31.0 Å². The molecule has 1 fully saturated rings. The molecular weight excluding hydrogens is 384 g/mol. The minimum Gasteiger partial charge on any atom is -0.495 e. The summed E-state index contributed by atoms with van der Waals surface area (Å²) >= 11 is 6.05. The number of nitriles is 1. The number of methoxy groups -OCH3 is 1. The molecule has 1 aromatic carbocycles. The van der Waals surface area contributed by atoms with Crippen LogP contribution in [-0.4, -0.2) is 35.5 Å². The summed E-state index contributed by atoms with van der Waals surface area (Å²) in [6, 6.07) is 6.97. The molecule has 2 aromatic rings. The smallest absolute Gasteiger partial charge is 0.326 e. The molecule has 1 aliphatic rings. The van der Waals surface area contributed by atoms with Crippen molar-refractivity contribution in [2.45, 2.75) is 31.4 Å². The van der Waals surface area contributed by atoms with Crippen molar-refractivity contribution < 1.29 is 19.4 Å². The van der Waals surface area contributed by atoms with Gasteiger partial charge in [-0.2, -0.15) is 5.26 Å². The van der Waals surface area contributed by atoms with Crippen LogP contribution < -0.4 is 10.3 Å². The Labute approximate surface area is 166 Å². The minimum atomic E-state index is -1.12. The first-order chi connectivity index (χ1) is 13.4. The van der Waals surface area contributed by atoms with E-state index in [1.807, 2.05) is 0 Å². The Morgan fingerprint density at radius 2 is 2.25 bits per heavy atom. The van der Waals surface area contributed by atoms with E-state index in [1.54, 1.807) is 18.2 Å². The van der Waals surface area contributed by atoms with Crippen LogP contribution in [0.4, 0.5) is 0 Å². The SMILES string of the molecule is COc1cn(C(C[C@H]2CCCO2)C(=O)O)c(=O)cc1-c1cc(Cl)ccc1C#N. The summed E-state index contributed by atoms with van der Waals surface area (Å²) in [5.74, 6) is -0.843. The van der Waals surface area contributed by atoms with Crippen LogP contribution in [0.25, 0.3) is 11.1 Å². The summed E-state index contributed by atoms with van der Waals surface area (Å²) in [4.78, 5) is 24.6. The lowest BCUT2D eigenvalue weighted by Crippen LogP contribution is -2.32. The molecule has 1 N–H and O–H groups in total. The number of pyridine rings is 1. The van der Waals surface area contributed by atoms with E-state index in [9.17, 15) is 20.0 Å². The molecule has 0 saturated carbocycles. The average Bonchev–Trinajstić information content (AvgIpc) is 3.19. The molecule has 28 heavy (non-hydrogen) atoms. The molecule has 8 heteroatoms. The van der Waals surface area contributed by atoms with Gasteiger partial charge in [0.2, 0.25) is 0 Å². The highest BCUT2D eigenvalue weighted by Crippen LogP contribution is 2.34. The molecule has 0 amide bonds. The predicted molar refractivity (Wildman–Crippen MR) is 103 cm³/mol. The molecule has 1 aliphatic heterocycles. The molecule has 3 rings (SSSR count). The van der Waals surface area contributed by atoms with E-state index in [1.165, 1.54) is 19.4 Å². The van der Waals surface area contributed by atoms with Crippen LogP contribution in [0.5, 0.6) is 5.75 Å². The molecule has 146 valence electrons. The van der Waals surface area contributed by atoms with Crippen molar-refractivity contribution in [3.05, 3.63) is 51.4 Å². The molecule has 1 saturated heterocycles. The highest BCUT2D eigenvalue weighted by molar-refractivity contribution is 6.31. The van der Waals surface area contributed by atoms with Crippen LogP contribution in [0.3, 0.4) is 0 Å². The summed E-state index contributed by atoms with van der Waals surface area (Å²) in [6.45, 7) is 0.597. The second-order valence-electron chi connectivity index (χ2n) is 6.53. The summed E-state index contributed by atoms with van der Waals surface area (Å²) in [7, 11) is 1.42. The van der Waals surface area contributed by atoms with Crippen molar-refractivity contribution in [2.75, 3.05) is 13.7 Å². The van der Waals surface area contributed by atoms with Gasteiger partial charge in [-0.1, -0.05) is 11.6 Å². The second-order valence-corrected chi connectivity index (χ2v) is 6.96. The number of benzene rings is 1. The van der Waals surface area contributed by atoms with Crippen LogP contribution >= 0.6 is 11.6 Å². The lowest BCUT2D eigenvalue weighted by atomic mass is 10.00. The fourth-order valence-corrected chi connectivity index (χ4v) is 3.57. The van der Waals surface area contributed by atoms with Gasteiger partial charge in [0.1, 0.15) is 11.8 Å². The van der Waals surface area contributed by atoms with Gasteiger partial charge in [-0.3, -0.25) is 9.36 Å². The summed E-state index contributed by atoms with van der Waals surface area (Å²) in [5, 5.41) is 19.4. The Kier molecular flexibility index (Phi) is 6.02. The Hall–Kier alpha value is -2.82. The molecule has 0 bridgehead atoms. The third-order valence-corrected chi connectivity index (χ3v) is 5.02. The van der Waals surface area contributed by atoms with Gasteiger partial charge in [-0.05, 0) is 31.0 Å². The third kappa shape index (κ3) is 4.03. The van der Waals surface area contributed by atoms with Crippen molar-refractivity contribution in [2.24, 2.45) is 0 Å². The first-order valence-corrected chi connectivity index (χ1v) is 9.17. The number of halogens is 1. The maximum Gasteiger partial charge on any atom is 0.326 e. The number of carboxylic acid groups (broad SMARTS) is 1. The fourth-order valence-electron chi connectivity index (χ4n) is 3.39. The van der Waals surface area contributed by atoms with Crippen molar-refractivity contribution >= 4 is 17.6 Å². The number of ether oxygens (including phenoxy) is 2. The first-order valence-electron chi connectivity index (χ1n) is 8.79. The standard InChI is InChI=1S/C20H19ClN2O5/c1-27-18-11-23(17(20(25)26)8-14-3-2-6-28-14)19(24)9-16(18)15-7-13(21)5-4-12(15)10-22/h4-5,7,9,11,14,17H,2-3,6,8H2,1H3,(H,25,26)/t14-,17?/m1/s1. The molecular formula is C20H19ClN2O5. The zero-order valence-electron chi connectivity index (χ0n) is 15.2. The highest BCUT2D eigenvalue weighted by atomic mass is 35.5. The number of aromatic nitrogens is 1. The van der Waals surface area contributed by atoms with Gasteiger partial charge in [0, 0.05) is 35.2 Å². The topological polar surface area (TPSA) is 102 Å². The number of aliphatic carboxylic acids is 1. The third-order valence-electron chi connectivity index (χ3n) is 4.79. The van der Waals surface area contributed by atoms with E-state index in [0.717, 1.165) is 17.4 Å². The van der Waals surface area contributed by atoms with E-state index in [4.69, 9.17) is 21.1 Å². The number of nitrogens with zero attached hydrogens (tertiary/aromatic N) is 2. The Bertz CT molecular complexity index is 989. The Balaban J connectivity index is 2.09. The largest absolute Gasteiger partial charge is 0.495 e. The lowest BCUT2D eigenvalue weighted by Gasteiger charge is -2.21. The van der Waals surface area contributed by atoms with Crippen LogP contribution in [0.15, 0.2) is 35.3 Å². The summed E-state index contributed by atoms with van der Waals surface area (Å²) < 4.78 is 12.1. The molecule has 0 radical (unpaired) electrons. The normalized spacial score (nSPS) is 17.1. The number of rotatable bonds is 6. The number of hydrogen-bond acceptors (Lipinski definition) is 5. The van der Waals surface area contributed by atoms with Crippen LogP contribution in [0, 0.1) is 11.3 Å². The van der Waals surface area contributed by atoms with Gasteiger partial charge in [-0.15, -0.1) is 0 Å². The minimum absolute atomic E-state index is 0.193. The lowest BCUT2D eigenvalue weighted by molar-refractivity contribution is -0.142. The van der Waals surface area contributed by atoms with Gasteiger partial charge in [0.25, 0.3) is 5.56 Å². The van der Waals surface area contributed by atoms with Gasteiger partial charge >= 0.3 is 5.97 Å². The van der Waals surface area contributed by atoms with Gasteiger partial charge in [-0.25, -0.2) is 4.79 Å². The molecule has 2 heterocycles. The molecule has 0 spiro atoms. The molecule has 1 unspecified atom stereocenters. The number of carboxylic acids is 1. The van der Waals surface area contributed by atoms with E-state index in [-0.39, 0.29) is 18.3 Å². The van der Waals surface area contributed by atoms with Crippen LogP contribution in [-0.2, 0) is 9.53 Å².